The van der Waals surface area contributed by atoms with Crippen LogP contribution < -0.4 is 4.74 Å². The first-order valence-corrected chi connectivity index (χ1v) is 8.63. The summed E-state index contributed by atoms with van der Waals surface area (Å²) in [4.78, 5) is 21.9. The molecule has 1 aromatic carbocycles. The first kappa shape index (κ1) is 15.2. The van der Waals surface area contributed by atoms with Gasteiger partial charge in [0.2, 0.25) is 5.88 Å². The minimum atomic E-state index is -0.0152. The van der Waals surface area contributed by atoms with Crippen LogP contribution in [0.5, 0.6) is 5.88 Å². The quantitative estimate of drug-likeness (QED) is 0.748. The summed E-state index contributed by atoms with van der Waals surface area (Å²) in [6, 6.07) is 11.4. The van der Waals surface area contributed by atoms with Crippen LogP contribution in [0.3, 0.4) is 0 Å². The van der Waals surface area contributed by atoms with Gasteiger partial charge in [0.15, 0.2) is 0 Å². The van der Waals surface area contributed by atoms with E-state index in [-0.39, 0.29) is 12.0 Å². The van der Waals surface area contributed by atoms with Crippen molar-refractivity contribution in [3.63, 3.8) is 0 Å². The van der Waals surface area contributed by atoms with Gasteiger partial charge >= 0.3 is 0 Å². The minimum Gasteiger partial charge on any atom is -0.472 e. The number of aromatic amines is 1. The maximum Gasteiger partial charge on any atom is 0.254 e. The molecule has 1 amide bonds. The Morgan fingerprint density at radius 1 is 1.29 bits per heavy atom. The zero-order valence-corrected chi connectivity index (χ0v) is 14.5. The van der Waals surface area contributed by atoms with Crippen molar-refractivity contribution in [1.29, 1.82) is 0 Å². The van der Waals surface area contributed by atoms with Crippen LogP contribution in [-0.2, 0) is 0 Å². The average Bonchev–Trinajstić information content (AvgIpc) is 3.24. The van der Waals surface area contributed by atoms with Crippen LogP contribution in [0.2, 0.25) is 0 Å². The number of rotatable bonds is 3. The van der Waals surface area contributed by atoms with Gasteiger partial charge in [0, 0.05) is 52.4 Å². The number of ether oxygens (including phenoxy) is 1. The number of nitrogens with one attached hydrogen (secondary N) is 1. The smallest absolute Gasteiger partial charge is 0.254 e. The molecular weight excluding hydrogens is 370 g/mol. The zero-order chi connectivity index (χ0) is 16.5. The highest BCUT2D eigenvalue weighted by atomic mass is 79.9. The van der Waals surface area contributed by atoms with E-state index in [0.29, 0.717) is 24.5 Å². The number of carbonyl (C=O) groups is 1. The van der Waals surface area contributed by atoms with E-state index >= 15 is 0 Å². The van der Waals surface area contributed by atoms with Crippen molar-refractivity contribution in [2.24, 2.45) is 0 Å². The Labute approximate surface area is 147 Å². The Balaban J connectivity index is 1.43. The predicted octanol–water partition coefficient (Wildman–Crippen LogP) is 3.62. The number of amides is 1. The number of likely N-dealkylation sites (tertiary alicyclic amines) is 1. The first-order chi connectivity index (χ1) is 11.7. The highest BCUT2D eigenvalue weighted by Gasteiger charge is 2.28. The third kappa shape index (κ3) is 3.01. The van der Waals surface area contributed by atoms with Crippen molar-refractivity contribution in [3.8, 4) is 5.88 Å². The van der Waals surface area contributed by atoms with Crippen molar-refractivity contribution < 1.29 is 9.53 Å². The lowest BCUT2D eigenvalue weighted by atomic mass is 10.1. The van der Waals surface area contributed by atoms with E-state index in [2.05, 4.69) is 25.9 Å². The highest BCUT2D eigenvalue weighted by molar-refractivity contribution is 9.10. The molecule has 1 unspecified atom stereocenters. The van der Waals surface area contributed by atoms with Crippen molar-refractivity contribution in [2.45, 2.75) is 12.5 Å². The molecule has 1 saturated heterocycles. The van der Waals surface area contributed by atoms with Crippen LogP contribution in [0.25, 0.3) is 10.9 Å². The normalized spacial score (nSPS) is 17.4. The van der Waals surface area contributed by atoms with Gasteiger partial charge in [-0.05, 0) is 46.3 Å². The van der Waals surface area contributed by atoms with Gasteiger partial charge in [0.25, 0.3) is 5.91 Å². The van der Waals surface area contributed by atoms with Gasteiger partial charge in [0.1, 0.15) is 6.10 Å². The molecule has 4 rings (SSSR count). The molecule has 0 spiro atoms. The minimum absolute atomic E-state index is 0.0152. The summed E-state index contributed by atoms with van der Waals surface area (Å²) in [5.74, 6) is 0.638. The lowest BCUT2D eigenvalue weighted by molar-refractivity contribution is 0.0771. The second-order valence-corrected chi connectivity index (χ2v) is 6.79. The molecule has 1 atom stereocenters. The summed E-state index contributed by atoms with van der Waals surface area (Å²) < 4.78 is 6.79. The maximum absolute atomic E-state index is 12.7. The lowest BCUT2D eigenvalue weighted by Crippen LogP contribution is -2.31. The maximum atomic E-state index is 12.7. The molecule has 0 saturated carbocycles. The van der Waals surface area contributed by atoms with E-state index in [1.807, 2.05) is 47.5 Å². The number of hydrogen-bond acceptors (Lipinski definition) is 3. The summed E-state index contributed by atoms with van der Waals surface area (Å²) in [6.45, 7) is 1.28. The molecule has 1 aliphatic heterocycles. The molecule has 0 radical (unpaired) electrons. The van der Waals surface area contributed by atoms with Gasteiger partial charge in [-0.25, -0.2) is 4.98 Å². The van der Waals surface area contributed by atoms with Gasteiger partial charge in [-0.1, -0.05) is 0 Å². The number of benzene rings is 1. The summed E-state index contributed by atoms with van der Waals surface area (Å²) in [7, 11) is 0. The Morgan fingerprint density at radius 2 is 2.21 bits per heavy atom. The summed E-state index contributed by atoms with van der Waals surface area (Å²) >= 11 is 3.35. The molecule has 3 aromatic rings. The predicted molar refractivity (Wildman–Crippen MR) is 95.2 cm³/mol. The number of fused-ring (bicyclic) bond motifs is 1. The van der Waals surface area contributed by atoms with Crippen molar-refractivity contribution in [3.05, 3.63) is 58.8 Å². The molecule has 1 N–H and O–H groups in total. The molecule has 2 aromatic heterocycles. The van der Waals surface area contributed by atoms with Crippen LogP contribution in [0, 0.1) is 0 Å². The molecular formula is C18H16BrN3O2. The van der Waals surface area contributed by atoms with E-state index in [4.69, 9.17) is 4.74 Å². The molecule has 1 aliphatic rings. The molecule has 24 heavy (non-hydrogen) atoms. The molecule has 122 valence electrons. The van der Waals surface area contributed by atoms with E-state index in [9.17, 15) is 4.79 Å². The third-order valence-corrected chi connectivity index (χ3v) is 4.69. The highest BCUT2D eigenvalue weighted by Crippen LogP contribution is 2.21. The number of aromatic nitrogens is 2. The molecule has 0 bridgehead atoms. The largest absolute Gasteiger partial charge is 0.472 e. The number of halogens is 1. The van der Waals surface area contributed by atoms with Crippen LogP contribution >= 0.6 is 15.9 Å². The summed E-state index contributed by atoms with van der Waals surface area (Å²) in [5.41, 5.74) is 1.75. The van der Waals surface area contributed by atoms with Crippen LogP contribution in [0.4, 0.5) is 0 Å². The zero-order valence-electron chi connectivity index (χ0n) is 12.9. The van der Waals surface area contributed by atoms with Gasteiger partial charge < -0.3 is 14.6 Å². The van der Waals surface area contributed by atoms with Gasteiger partial charge in [0.05, 0.1) is 6.54 Å². The van der Waals surface area contributed by atoms with E-state index in [1.54, 1.807) is 6.20 Å². The Hall–Kier alpha value is -2.34. The van der Waals surface area contributed by atoms with E-state index in [1.165, 1.54) is 0 Å². The second kappa shape index (κ2) is 6.28. The second-order valence-electron chi connectivity index (χ2n) is 5.87. The summed E-state index contributed by atoms with van der Waals surface area (Å²) in [5, 5.41) is 1.05. The van der Waals surface area contributed by atoms with Crippen molar-refractivity contribution in [1.82, 2.24) is 14.9 Å². The average molecular weight is 386 g/mol. The van der Waals surface area contributed by atoms with Crippen molar-refractivity contribution in [2.75, 3.05) is 13.1 Å². The topological polar surface area (TPSA) is 58.2 Å². The fourth-order valence-electron chi connectivity index (χ4n) is 2.98. The van der Waals surface area contributed by atoms with E-state index in [0.717, 1.165) is 21.8 Å². The Bertz CT molecular complexity index is 875. The monoisotopic (exact) mass is 385 g/mol. The Morgan fingerprint density at radius 3 is 3.04 bits per heavy atom. The van der Waals surface area contributed by atoms with Crippen molar-refractivity contribution >= 4 is 32.7 Å². The number of carbonyl (C=O) groups excluding carboxylic acids is 1. The Kier molecular flexibility index (Phi) is 3.98. The molecule has 5 nitrogen and oxygen atoms in total. The molecule has 0 aliphatic carbocycles. The summed E-state index contributed by atoms with van der Waals surface area (Å²) in [6.07, 6.45) is 4.39. The van der Waals surface area contributed by atoms with Crippen LogP contribution in [0.15, 0.2) is 53.3 Å². The van der Waals surface area contributed by atoms with Gasteiger partial charge in [-0.3, -0.25) is 4.79 Å². The number of H-pyrrole nitrogens is 1. The van der Waals surface area contributed by atoms with Crippen LogP contribution in [-0.4, -0.2) is 40.0 Å². The third-order valence-electron chi connectivity index (χ3n) is 4.22. The first-order valence-electron chi connectivity index (χ1n) is 7.84. The number of pyridine rings is 1. The van der Waals surface area contributed by atoms with Gasteiger partial charge in [-0.15, -0.1) is 0 Å². The molecule has 6 heteroatoms. The van der Waals surface area contributed by atoms with E-state index < -0.39 is 0 Å². The SMILES string of the molecule is O=C(c1ccc2[nH]ccc2c1)N1CCC(Oc2ccc(Br)cn2)C1. The number of nitrogens with zero attached hydrogens (tertiary/aromatic N) is 2. The number of hydrogen-bond donors (Lipinski definition) is 1. The fraction of sp³-hybridized carbons (Fsp3) is 0.222. The lowest BCUT2D eigenvalue weighted by Gasteiger charge is -2.17. The fourth-order valence-corrected chi connectivity index (χ4v) is 3.22. The molecule has 3 heterocycles. The van der Waals surface area contributed by atoms with Crippen LogP contribution in [0.1, 0.15) is 16.8 Å². The molecule has 1 fully saturated rings. The van der Waals surface area contributed by atoms with Gasteiger partial charge in [-0.2, -0.15) is 0 Å². The standard InChI is InChI=1S/C18H16BrN3O2/c19-14-2-4-17(21-10-14)24-15-6-8-22(11-15)18(23)13-1-3-16-12(9-13)5-7-20-16/h1-5,7,9-10,15,20H,6,8,11H2.